The van der Waals surface area contributed by atoms with Crippen molar-refractivity contribution in [3.63, 3.8) is 0 Å². The minimum Gasteiger partial charge on any atom is -0.484 e. The van der Waals surface area contributed by atoms with Gasteiger partial charge in [0, 0.05) is 18.7 Å². The molecule has 0 N–H and O–H groups in total. The maximum Gasteiger partial charge on any atom is 0.191 e. The van der Waals surface area contributed by atoms with E-state index in [4.69, 9.17) is 21.1 Å². The Hall–Kier alpha value is -0.870. The van der Waals surface area contributed by atoms with Crippen molar-refractivity contribution >= 4 is 11.6 Å². The third kappa shape index (κ3) is 3.16. The highest BCUT2D eigenvalue weighted by Gasteiger charge is 2.41. The van der Waals surface area contributed by atoms with Crippen LogP contribution < -0.4 is 4.74 Å². The van der Waals surface area contributed by atoms with E-state index < -0.39 is 11.6 Å². The largest absolute Gasteiger partial charge is 0.484 e. The lowest BCUT2D eigenvalue weighted by molar-refractivity contribution is -0.109. The number of alkyl halides is 1. The molecule has 0 amide bonds. The molecule has 0 bridgehead atoms. The minimum absolute atomic E-state index is 0.0779. The average molecular weight is 317 g/mol. The van der Waals surface area contributed by atoms with Crippen molar-refractivity contribution in [2.75, 3.05) is 6.61 Å². The average Bonchev–Trinajstić information content (AvgIpc) is 2.90. The Morgan fingerprint density at radius 2 is 1.90 bits per heavy atom. The Morgan fingerprint density at radius 1 is 1.24 bits per heavy atom. The number of ether oxygens (including phenoxy) is 2. The summed E-state index contributed by atoms with van der Waals surface area (Å²) < 4.78 is 39.5. The van der Waals surface area contributed by atoms with E-state index in [1.165, 1.54) is 12.1 Å². The molecule has 1 aromatic rings. The van der Waals surface area contributed by atoms with Crippen LogP contribution in [0.5, 0.6) is 5.75 Å². The smallest absolute Gasteiger partial charge is 0.191 e. The van der Waals surface area contributed by atoms with Gasteiger partial charge in [-0.2, -0.15) is 0 Å². The molecule has 21 heavy (non-hydrogen) atoms. The summed E-state index contributed by atoms with van der Waals surface area (Å²) in [6.45, 7) is 0.591. The molecule has 0 radical (unpaired) electrons. The summed E-state index contributed by atoms with van der Waals surface area (Å²) in [6, 6.07) is 2.46. The minimum atomic E-state index is -0.683. The van der Waals surface area contributed by atoms with Crippen LogP contribution in [0.1, 0.15) is 44.1 Å². The summed E-state index contributed by atoms with van der Waals surface area (Å²) in [7, 11) is 0. The van der Waals surface area contributed by atoms with Crippen LogP contribution in [0.25, 0.3) is 0 Å². The lowest BCUT2D eigenvalue weighted by Gasteiger charge is -2.38. The molecule has 1 atom stereocenters. The third-order valence-electron chi connectivity index (χ3n) is 4.46. The fourth-order valence-corrected chi connectivity index (χ4v) is 3.57. The maximum atomic E-state index is 14.0. The first-order chi connectivity index (χ1) is 10.1. The number of benzene rings is 1. The monoisotopic (exact) mass is 316 g/mol. The highest BCUT2D eigenvalue weighted by molar-refractivity contribution is 6.17. The van der Waals surface area contributed by atoms with Gasteiger partial charge >= 0.3 is 0 Å². The Kier molecular flexibility index (Phi) is 4.36. The SMILES string of the molecule is Fc1cc(CCl)cc(F)c1OC1CCOC2(CCCC2)C1. The van der Waals surface area contributed by atoms with E-state index >= 15 is 0 Å². The van der Waals surface area contributed by atoms with E-state index in [1.54, 1.807) is 0 Å². The van der Waals surface area contributed by atoms with Crippen molar-refractivity contribution in [2.45, 2.75) is 56.1 Å². The molecule has 3 rings (SSSR count). The number of hydrogen-bond acceptors (Lipinski definition) is 2. The molecule has 1 heterocycles. The van der Waals surface area contributed by atoms with Gasteiger partial charge in [0.25, 0.3) is 0 Å². The van der Waals surface area contributed by atoms with Gasteiger partial charge in [0.15, 0.2) is 17.4 Å². The van der Waals surface area contributed by atoms with Crippen LogP contribution in [0, 0.1) is 11.6 Å². The molecule has 1 saturated heterocycles. The van der Waals surface area contributed by atoms with Crippen molar-refractivity contribution < 1.29 is 18.3 Å². The number of hydrogen-bond donors (Lipinski definition) is 0. The van der Waals surface area contributed by atoms with Crippen LogP contribution in [0.3, 0.4) is 0 Å². The van der Waals surface area contributed by atoms with E-state index in [0.29, 0.717) is 25.0 Å². The molecular weight excluding hydrogens is 298 g/mol. The maximum absolute atomic E-state index is 14.0. The first-order valence-electron chi connectivity index (χ1n) is 7.46. The molecule has 1 unspecified atom stereocenters. The van der Waals surface area contributed by atoms with Crippen LogP contribution >= 0.6 is 11.6 Å². The Morgan fingerprint density at radius 3 is 2.52 bits per heavy atom. The van der Waals surface area contributed by atoms with Gasteiger partial charge in [0.2, 0.25) is 0 Å². The van der Waals surface area contributed by atoms with Crippen LogP contribution in [0.4, 0.5) is 8.78 Å². The molecule has 2 aliphatic rings. The molecule has 116 valence electrons. The molecule has 0 aromatic heterocycles. The first kappa shape index (κ1) is 15.0. The molecule has 1 aromatic carbocycles. The quantitative estimate of drug-likeness (QED) is 0.760. The standard InChI is InChI=1S/C16H19ClF2O2/c17-10-11-7-13(18)15(14(19)8-11)21-12-3-6-20-16(9-12)4-1-2-5-16/h7-8,12H,1-6,9-10H2. The van der Waals surface area contributed by atoms with Crippen LogP contribution in [0.2, 0.25) is 0 Å². The van der Waals surface area contributed by atoms with E-state index in [0.717, 1.165) is 25.7 Å². The summed E-state index contributed by atoms with van der Waals surface area (Å²) in [5.74, 6) is -1.58. The molecule has 1 saturated carbocycles. The molecule has 1 aliphatic carbocycles. The lowest BCUT2D eigenvalue weighted by Crippen LogP contribution is -2.41. The zero-order valence-electron chi connectivity index (χ0n) is 11.8. The summed E-state index contributed by atoms with van der Waals surface area (Å²) in [6.07, 6.45) is 5.52. The third-order valence-corrected chi connectivity index (χ3v) is 4.77. The van der Waals surface area contributed by atoms with Crippen molar-refractivity contribution in [2.24, 2.45) is 0 Å². The molecule has 5 heteroatoms. The predicted octanol–water partition coefficient (Wildman–Crippen LogP) is 4.57. The number of halogens is 3. The molecule has 1 aliphatic heterocycles. The fourth-order valence-electron chi connectivity index (χ4n) is 3.42. The van der Waals surface area contributed by atoms with Gasteiger partial charge in [-0.05, 0) is 30.5 Å². The van der Waals surface area contributed by atoms with E-state index in [-0.39, 0.29) is 23.3 Å². The van der Waals surface area contributed by atoms with Gasteiger partial charge in [-0.25, -0.2) is 8.78 Å². The van der Waals surface area contributed by atoms with Crippen molar-refractivity contribution in [1.29, 1.82) is 0 Å². The van der Waals surface area contributed by atoms with Gasteiger partial charge in [0.05, 0.1) is 12.2 Å². The summed E-state index contributed by atoms with van der Waals surface area (Å²) >= 11 is 5.61. The van der Waals surface area contributed by atoms with E-state index in [2.05, 4.69) is 0 Å². The second-order valence-corrected chi connectivity index (χ2v) is 6.26. The first-order valence-corrected chi connectivity index (χ1v) is 8.00. The predicted molar refractivity (Wildman–Crippen MR) is 76.7 cm³/mol. The second kappa shape index (κ2) is 6.09. The highest BCUT2D eigenvalue weighted by Crippen LogP contribution is 2.41. The summed E-state index contributed by atoms with van der Waals surface area (Å²) in [5.41, 5.74) is 0.282. The summed E-state index contributed by atoms with van der Waals surface area (Å²) in [4.78, 5) is 0. The van der Waals surface area contributed by atoms with Crippen molar-refractivity contribution in [3.8, 4) is 5.75 Å². The second-order valence-electron chi connectivity index (χ2n) is 5.99. The van der Waals surface area contributed by atoms with Gasteiger partial charge in [-0.15, -0.1) is 11.6 Å². The lowest BCUT2D eigenvalue weighted by atomic mass is 9.90. The molecule has 1 spiro atoms. The topological polar surface area (TPSA) is 18.5 Å². The highest BCUT2D eigenvalue weighted by atomic mass is 35.5. The van der Waals surface area contributed by atoms with Crippen molar-refractivity contribution in [1.82, 2.24) is 0 Å². The summed E-state index contributed by atoms with van der Waals surface area (Å²) in [5, 5.41) is 0. The van der Waals surface area contributed by atoms with Crippen LogP contribution in [-0.2, 0) is 10.6 Å². The van der Waals surface area contributed by atoms with Gasteiger partial charge in [-0.1, -0.05) is 12.8 Å². The Bertz CT molecular complexity index is 492. The van der Waals surface area contributed by atoms with E-state index in [1.807, 2.05) is 0 Å². The van der Waals surface area contributed by atoms with Crippen LogP contribution in [-0.4, -0.2) is 18.3 Å². The Balaban J connectivity index is 1.74. The van der Waals surface area contributed by atoms with Gasteiger partial charge in [-0.3, -0.25) is 0 Å². The zero-order valence-corrected chi connectivity index (χ0v) is 12.6. The van der Waals surface area contributed by atoms with Crippen molar-refractivity contribution in [3.05, 3.63) is 29.3 Å². The normalized spacial score (nSPS) is 24.4. The zero-order chi connectivity index (χ0) is 14.9. The molecular formula is C16H19ClF2O2. The van der Waals surface area contributed by atoms with Gasteiger partial charge < -0.3 is 9.47 Å². The molecule has 2 nitrogen and oxygen atoms in total. The fraction of sp³-hybridized carbons (Fsp3) is 0.625. The van der Waals surface area contributed by atoms with Gasteiger partial charge in [0.1, 0.15) is 6.10 Å². The van der Waals surface area contributed by atoms with E-state index in [9.17, 15) is 8.78 Å². The Labute approximate surface area is 128 Å². The number of rotatable bonds is 3. The van der Waals surface area contributed by atoms with Crippen LogP contribution in [0.15, 0.2) is 12.1 Å². The molecule has 2 fully saturated rings.